The Kier molecular flexibility index (Phi) is 5.19. The smallest absolute Gasteiger partial charge is 0.0312 e. The minimum absolute atomic E-state index is 0.495. The van der Waals surface area contributed by atoms with E-state index in [1.165, 1.54) is 44.2 Å². The molecule has 0 aromatic carbocycles. The van der Waals surface area contributed by atoms with Crippen molar-refractivity contribution in [2.45, 2.75) is 38.6 Å². The van der Waals surface area contributed by atoms with E-state index in [1.807, 2.05) is 18.5 Å². The van der Waals surface area contributed by atoms with Crippen LogP contribution in [0.5, 0.6) is 0 Å². The topological polar surface area (TPSA) is 16.1 Å². The van der Waals surface area contributed by atoms with Gasteiger partial charge in [-0.3, -0.25) is 4.98 Å². The van der Waals surface area contributed by atoms with Crippen LogP contribution >= 0.6 is 15.9 Å². The molecule has 1 aromatic rings. The molecule has 1 saturated carbocycles. The van der Waals surface area contributed by atoms with E-state index in [-0.39, 0.29) is 0 Å². The van der Waals surface area contributed by atoms with Crippen LogP contribution in [0.4, 0.5) is 0 Å². The van der Waals surface area contributed by atoms with E-state index < -0.39 is 0 Å². The van der Waals surface area contributed by atoms with Gasteiger partial charge in [-0.1, -0.05) is 41.3 Å². The van der Waals surface area contributed by atoms with Gasteiger partial charge < -0.3 is 4.90 Å². The van der Waals surface area contributed by atoms with Crippen molar-refractivity contribution >= 4 is 15.9 Å². The molecule has 18 heavy (non-hydrogen) atoms. The van der Waals surface area contributed by atoms with Crippen molar-refractivity contribution in [2.75, 3.05) is 18.9 Å². The monoisotopic (exact) mass is 310 g/mol. The fourth-order valence-electron chi connectivity index (χ4n) is 3.07. The molecule has 0 aliphatic heterocycles. The molecule has 2 rings (SSSR count). The molecule has 0 atom stereocenters. The highest BCUT2D eigenvalue weighted by molar-refractivity contribution is 9.09. The SMILES string of the molecule is CN(Cc1cccnc1)CC1(CBr)CCCCC1. The third-order valence-corrected chi connectivity index (χ3v) is 5.17. The van der Waals surface area contributed by atoms with Crippen molar-refractivity contribution in [3.8, 4) is 0 Å². The minimum atomic E-state index is 0.495. The van der Waals surface area contributed by atoms with E-state index in [0.29, 0.717) is 5.41 Å². The number of hydrogen-bond donors (Lipinski definition) is 0. The highest BCUT2D eigenvalue weighted by Gasteiger charge is 2.31. The summed E-state index contributed by atoms with van der Waals surface area (Å²) in [5.41, 5.74) is 1.80. The van der Waals surface area contributed by atoms with Gasteiger partial charge in [0.1, 0.15) is 0 Å². The van der Waals surface area contributed by atoms with Gasteiger partial charge in [-0.25, -0.2) is 0 Å². The van der Waals surface area contributed by atoms with Crippen molar-refractivity contribution in [1.29, 1.82) is 0 Å². The first-order valence-electron chi connectivity index (χ1n) is 6.88. The van der Waals surface area contributed by atoms with Gasteiger partial charge in [0.25, 0.3) is 0 Å². The van der Waals surface area contributed by atoms with E-state index in [0.717, 1.165) is 11.9 Å². The van der Waals surface area contributed by atoms with Crippen LogP contribution in [0.1, 0.15) is 37.7 Å². The van der Waals surface area contributed by atoms with Gasteiger partial charge in [0.05, 0.1) is 0 Å². The van der Waals surface area contributed by atoms with Gasteiger partial charge in [0.2, 0.25) is 0 Å². The van der Waals surface area contributed by atoms with E-state index in [9.17, 15) is 0 Å². The molecule has 0 amide bonds. The van der Waals surface area contributed by atoms with Crippen molar-refractivity contribution < 1.29 is 0 Å². The molecule has 1 fully saturated rings. The number of alkyl halides is 1. The van der Waals surface area contributed by atoms with Gasteiger partial charge in [-0.05, 0) is 36.9 Å². The van der Waals surface area contributed by atoms with Gasteiger partial charge in [-0.15, -0.1) is 0 Å². The maximum absolute atomic E-state index is 4.19. The summed E-state index contributed by atoms with van der Waals surface area (Å²) in [4.78, 5) is 6.63. The third-order valence-electron chi connectivity index (χ3n) is 3.98. The van der Waals surface area contributed by atoms with Crippen LogP contribution in [0.2, 0.25) is 0 Å². The summed E-state index contributed by atoms with van der Waals surface area (Å²) >= 11 is 3.74. The summed E-state index contributed by atoms with van der Waals surface area (Å²) < 4.78 is 0. The Bertz CT molecular complexity index is 347. The van der Waals surface area contributed by atoms with Crippen molar-refractivity contribution in [2.24, 2.45) is 5.41 Å². The molecule has 1 heterocycles. The summed E-state index contributed by atoms with van der Waals surface area (Å²) in [6.45, 7) is 2.19. The largest absolute Gasteiger partial charge is 0.301 e. The highest BCUT2D eigenvalue weighted by atomic mass is 79.9. The third kappa shape index (κ3) is 3.79. The Labute approximate surface area is 119 Å². The number of nitrogens with zero attached hydrogens (tertiary/aromatic N) is 2. The number of halogens is 1. The average Bonchev–Trinajstić information content (AvgIpc) is 2.41. The Morgan fingerprint density at radius 1 is 1.33 bits per heavy atom. The van der Waals surface area contributed by atoms with Crippen LogP contribution in [-0.4, -0.2) is 28.8 Å². The quantitative estimate of drug-likeness (QED) is 0.768. The second-order valence-corrected chi connectivity index (χ2v) is 6.29. The van der Waals surface area contributed by atoms with Crippen LogP contribution in [0.3, 0.4) is 0 Å². The lowest BCUT2D eigenvalue weighted by Crippen LogP contribution is -2.38. The zero-order valence-electron chi connectivity index (χ0n) is 11.2. The molecular formula is C15H23BrN2. The molecule has 0 radical (unpaired) electrons. The van der Waals surface area contributed by atoms with Crippen LogP contribution in [0.25, 0.3) is 0 Å². The summed E-state index contributed by atoms with van der Waals surface area (Å²) in [7, 11) is 2.23. The second kappa shape index (κ2) is 6.67. The van der Waals surface area contributed by atoms with Gasteiger partial charge in [0.15, 0.2) is 0 Å². The Morgan fingerprint density at radius 2 is 2.11 bits per heavy atom. The number of rotatable bonds is 5. The summed E-state index contributed by atoms with van der Waals surface area (Å²) in [6.07, 6.45) is 10.8. The van der Waals surface area contributed by atoms with Crippen molar-refractivity contribution in [3.05, 3.63) is 30.1 Å². The molecule has 0 spiro atoms. The number of aromatic nitrogens is 1. The fraction of sp³-hybridized carbons (Fsp3) is 0.667. The van der Waals surface area contributed by atoms with Crippen LogP contribution < -0.4 is 0 Å². The van der Waals surface area contributed by atoms with E-state index in [2.05, 4.69) is 38.9 Å². The molecule has 0 N–H and O–H groups in total. The van der Waals surface area contributed by atoms with Crippen LogP contribution in [0, 0.1) is 5.41 Å². The van der Waals surface area contributed by atoms with E-state index >= 15 is 0 Å². The molecule has 1 aliphatic carbocycles. The molecular weight excluding hydrogens is 288 g/mol. The van der Waals surface area contributed by atoms with Crippen molar-refractivity contribution in [1.82, 2.24) is 9.88 Å². The van der Waals surface area contributed by atoms with Crippen molar-refractivity contribution in [3.63, 3.8) is 0 Å². The van der Waals surface area contributed by atoms with Gasteiger partial charge >= 0.3 is 0 Å². The molecule has 0 saturated heterocycles. The summed E-state index contributed by atoms with van der Waals surface area (Å²) in [5, 5.41) is 1.14. The lowest BCUT2D eigenvalue weighted by molar-refractivity contribution is 0.141. The zero-order chi connectivity index (χ0) is 12.8. The summed E-state index contributed by atoms with van der Waals surface area (Å²) in [5.74, 6) is 0. The predicted molar refractivity (Wildman–Crippen MR) is 79.9 cm³/mol. The molecule has 2 nitrogen and oxygen atoms in total. The molecule has 1 aliphatic rings. The Hall–Kier alpha value is -0.410. The second-order valence-electron chi connectivity index (χ2n) is 5.73. The standard InChI is InChI=1S/C15H23BrN2/c1-18(11-14-6-5-9-17-10-14)13-15(12-16)7-3-2-4-8-15/h5-6,9-10H,2-4,7-8,11-13H2,1H3. The number of pyridine rings is 1. The highest BCUT2D eigenvalue weighted by Crippen LogP contribution is 2.38. The maximum Gasteiger partial charge on any atom is 0.0312 e. The zero-order valence-corrected chi connectivity index (χ0v) is 12.8. The molecule has 1 aromatic heterocycles. The average molecular weight is 311 g/mol. The first-order chi connectivity index (χ1) is 8.74. The van der Waals surface area contributed by atoms with E-state index in [4.69, 9.17) is 0 Å². The van der Waals surface area contributed by atoms with E-state index in [1.54, 1.807) is 0 Å². The molecule has 0 unspecified atom stereocenters. The molecule has 100 valence electrons. The molecule has 3 heteroatoms. The first-order valence-corrected chi connectivity index (χ1v) is 8.00. The normalized spacial score (nSPS) is 19.1. The maximum atomic E-state index is 4.19. The summed E-state index contributed by atoms with van der Waals surface area (Å²) in [6, 6.07) is 4.18. The minimum Gasteiger partial charge on any atom is -0.301 e. The van der Waals surface area contributed by atoms with Gasteiger partial charge in [0, 0.05) is 30.8 Å². The van der Waals surface area contributed by atoms with Crippen LogP contribution in [-0.2, 0) is 6.54 Å². The van der Waals surface area contributed by atoms with Gasteiger partial charge in [-0.2, -0.15) is 0 Å². The number of hydrogen-bond acceptors (Lipinski definition) is 2. The Balaban J connectivity index is 1.91. The lowest BCUT2D eigenvalue weighted by atomic mass is 9.75. The van der Waals surface area contributed by atoms with Crippen LogP contribution in [0.15, 0.2) is 24.5 Å². The first kappa shape index (κ1) is 14.0. The predicted octanol–water partition coefficient (Wildman–Crippen LogP) is 3.86. The fourth-order valence-corrected chi connectivity index (χ4v) is 3.81. The Morgan fingerprint density at radius 3 is 2.72 bits per heavy atom. The molecule has 0 bridgehead atoms. The lowest BCUT2D eigenvalue weighted by Gasteiger charge is -2.39.